The van der Waals surface area contributed by atoms with Crippen LogP contribution in [0.1, 0.15) is 30.0 Å². The van der Waals surface area contributed by atoms with Crippen molar-refractivity contribution in [3.8, 4) is 0 Å². The maximum atomic E-state index is 13.3. The zero-order valence-electron chi connectivity index (χ0n) is 16.8. The van der Waals surface area contributed by atoms with E-state index in [2.05, 4.69) is 0 Å². The highest BCUT2D eigenvalue weighted by atomic mass is 35.5. The molecule has 1 amide bonds. The first kappa shape index (κ1) is 20.6. The minimum atomic E-state index is -0.822. The van der Waals surface area contributed by atoms with Crippen molar-refractivity contribution >= 4 is 29.2 Å². The molecule has 28 heavy (non-hydrogen) atoms. The van der Waals surface area contributed by atoms with Crippen LogP contribution >= 0.6 is 11.6 Å². The Kier molecular flexibility index (Phi) is 5.70. The van der Waals surface area contributed by atoms with Gasteiger partial charge in [-0.1, -0.05) is 11.6 Å². The number of carbonyl (C=O) groups is 2. The van der Waals surface area contributed by atoms with Crippen molar-refractivity contribution in [3.63, 3.8) is 0 Å². The Balaban J connectivity index is 2.21. The highest BCUT2D eigenvalue weighted by molar-refractivity contribution is 6.31. The normalized spacial score (nSPS) is 22.5. The van der Waals surface area contributed by atoms with E-state index in [1.807, 2.05) is 13.8 Å². The topological polar surface area (TPSA) is 68.3 Å². The second-order valence-corrected chi connectivity index (χ2v) is 7.53. The molecule has 0 radical (unpaired) electrons. The molecule has 2 aliphatic rings. The van der Waals surface area contributed by atoms with Crippen molar-refractivity contribution < 1.29 is 23.9 Å². The Morgan fingerprint density at radius 3 is 2.46 bits per heavy atom. The van der Waals surface area contributed by atoms with Crippen molar-refractivity contribution in [3.05, 3.63) is 39.6 Å². The molecule has 7 nitrogen and oxygen atoms in total. The lowest BCUT2D eigenvalue weighted by molar-refractivity contribution is -0.133. The highest BCUT2D eigenvalue weighted by Gasteiger charge is 2.56. The van der Waals surface area contributed by atoms with Crippen LogP contribution in [0.2, 0.25) is 5.02 Å². The molecular formula is C20H25ClN2O5. The fraction of sp³-hybridized carbons (Fsp3) is 0.500. The molecule has 1 aromatic carbocycles. The number of ether oxygens (including phenoxy) is 2. The number of rotatable bonds is 4. The van der Waals surface area contributed by atoms with Gasteiger partial charge in [0.15, 0.2) is 5.76 Å². The maximum Gasteiger partial charge on any atom is 0.513 e. The van der Waals surface area contributed by atoms with E-state index in [0.29, 0.717) is 35.9 Å². The predicted octanol–water partition coefficient (Wildman–Crippen LogP) is 3.32. The number of hydroxylamine groups is 2. The minimum Gasteiger partial charge on any atom is -0.434 e. The van der Waals surface area contributed by atoms with Gasteiger partial charge in [-0.3, -0.25) is 4.79 Å². The second-order valence-electron chi connectivity index (χ2n) is 7.10. The molecule has 2 heterocycles. The summed E-state index contributed by atoms with van der Waals surface area (Å²) in [6, 6.07) is 3.60. The summed E-state index contributed by atoms with van der Waals surface area (Å²) in [5, 5.41) is 2.34. The van der Waals surface area contributed by atoms with E-state index in [-0.39, 0.29) is 12.5 Å². The summed E-state index contributed by atoms with van der Waals surface area (Å²) >= 11 is 6.17. The van der Waals surface area contributed by atoms with Crippen LogP contribution < -0.4 is 0 Å². The van der Waals surface area contributed by atoms with Crippen molar-refractivity contribution in [2.45, 2.75) is 32.7 Å². The quantitative estimate of drug-likeness (QED) is 0.712. The number of likely N-dealkylation sites (N-methyl/N-ethyl adjacent to an activating group) is 1. The lowest BCUT2D eigenvalue weighted by atomic mass is 9.90. The van der Waals surface area contributed by atoms with Crippen molar-refractivity contribution in [2.75, 3.05) is 33.9 Å². The molecular weight excluding hydrogens is 384 g/mol. The van der Waals surface area contributed by atoms with Crippen LogP contribution in [0.5, 0.6) is 0 Å². The van der Waals surface area contributed by atoms with Gasteiger partial charge in [-0.2, -0.15) is 5.06 Å². The van der Waals surface area contributed by atoms with Crippen molar-refractivity contribution in [1.82, 2.24) is 9.96 Å². The number of hydrogen-bond donors (Lipinski definition) is 0. The summed E-state index contributed by atoms with van der Waals surface area (Å²) < 4.78 is 10.7. The summed E-state index contributed by atoms with van der Waals surface area (Å²) in [4.78, 5) is 32.6. The van der Waals surface area contributed by atoms with Gasteiger partial charge in [0.25, 0.3) is 5.91 Å². The van der Waals surface area contributed by atoms with E-state index in [1.54, 1.807) is 43.2 Å². The van der Waals surface area contributed by atoms with E-state index >= 15 is 0 Å². The number of amides is 1. The summed E-state index contributed by atoms with van der Waals surface area (Å²) in [7, 11) is 3.31. The van der Waals surface area contributed by atoms with Gasteiger partial charge < -0.3 is 19.2 Å². The number of aryl methyl sites for hydroxylation is 2. The molecule has 152 valence electrons. The Morgan fingerprint density at radius 2 is 1.93 bits per heavy atom. The lowest BCUT2D eigenvalue weighted by Crippen LogP contribution is -2.48. The predicted molar refractivity (Wildman–Crippen MR) is 105 cm³/mol. The largest absolute Gasteiger partial charge is 0.513 e. The standard InChI is InChI=1S/C20H25ClN2O5/c1-6-27-19(25)28-17-16(15-12(2)9-14(21)10-13(15)3)18(24)22(4)20(17)7-8-23(11-20)26-5/h9-10H,6-8,11H2,1-5H3. The fourth-order valence-electron chi connectivity index (χ4n) is 4.12. The molecule has 1 unspecified atom stereocenters. The van der Waals surface area contributed by atoms with Gasteiger partial charge in [0.05, 0.1) is 25.8 Å². The Labute approximate surface area is 169 Å². The van der Waals surface area contributed by atoms with E-state index in [0.717, 1.165) is 16.7 Å². The maximum absolute atomic E-state index is 13.3. The molecule has 1 aromatic rings. The fourth-order valence-corrected chi connectivity index (χ4v) is 4.45. The van der Waals surface area contributed by atoms with Gasteiger partial charge in [-0.25, -0.2) is 4.79 Å². The van der Waals surface area contributed by atoms with E-state index in [9.17, 15) is 9.59 Å². The molecule has 0 bridgehead atoms. The third-order valence-corrected chi connectivity index (χ3v) is 5.69. The molecule has 1 saturated heterocycles. The number of nitrogens with zero attached hydrogens (tertiary/aromatic N) is 2. The first-order chi connectivity index (χ1) is 13.2. The Bertz CT molecular complexity index is 830. The van der Waals surface area contributed by atoms with Crippen LogP contribution in [0, 0.1) is 13.8 Å². The van der Waals surface area contributed by atoms with E-state index < -0.39 is 11.7 Å². The van der Waals surface area contributed by atoms with Crippen molar-refractivity contribution in [2.24, 2.45) is 0 Å². The first-order valence-corrected chi connectivity index (χ1v) is 9.56. The third kappa shape index (κ3) is 3.27. The first-order valence-electron chi connectivity index (χ1n) is 9.18. The SMILES string of the molecule is CCOC(=O)OC1=C(c2c(C)cc(Cl)cc2C)C(=O)N(C)C12CCN(OC)C2. The molecule has 0 N–H and O–H groups in total. The molecule has 1 fully saturated rings. The Hall–Kier alpha value is -2.09. The molecule has 1 atom stereocenters. The third-order valence-electron chi connectivity index (χ3n) is 5.48. The number of benzene rings is 1. The number of halogens is 1. The molecule has 3 rings (SSSR count). The van der Waals surface area contributed by atoms with Crippen LogP contribution in [0.25, 0.3) is 5.57 Å². The molecule has 0 aromatic heterocycles. The van der Waals surface area contributed by atoms with Crippen LogP contribution in [0.15, 0.2) is 17.9 Å². The lowest BCUT2D eigenvalue weighted by Gasteiger charge is -2.33. The van der Waals surface area contributed by atoms with Gasteiger partial charge in [-0.15, -0.1) is 0 Å². The van der Waals surface area contributed by atoms with Crippen LogP contribution in [0.3, 0.4) is 0 Å². The van der Waals surface area contributed by atoms with Gasteiger partial charge >= 0.3 is 6.16 Å². The average molecular weight is 409 g/mol. The molecule has 0 aliphatic carbocycles. The average Bonchev–Trinajstić information content (AvgIpc) is 3.14. The molecule has 2 aliphatic heterocycles. The van der Waals surface area contributed by atoms with Gasteiger partial charge in [-0.05, 0) is 56.0 Å². The zero-order valence-corrected chi connectivity index (χ0v) is 17.6. The van der Waals surface area contributed by atoms with Gasteiger partial charge in [0, 0.05) is 18.6 Å². The molecule has 0 saturated carbocycles. The van der Waals surface area contributed by atoms with Crippen LogP contribution in [-0.2, 0) is 19.1 Å². The monoisotopic (exact) mass is 408 g/mol. The summed E-state index contributed by atoms with van der Waals surface area (Å²) in [6.45, 7) is 6.66. The summed E-state index contributed by atoms with van der Waals surface area (Å²) in [6.07, 6.45) is -0.245. The zero-order chi connectivity index (χ0) is 20.6. The number of hydrogen-bond acceptors (Lipinski definition) is 6. The van der Waals surface area contributed by atoms with Crippen LogP contribution in [0.4, 0.5) is 4.79 Å². The Morgan fingerprint density at radius 1 is 1.29 bits per heavy atom. The molecule has 8 heteroatoms. The number of carbonyl (C=O) groups excluding carboxylic acids is 2. The van der Waals surface area contributed by atoms with Crippen LogP contribution in [-0.4, -0.2) is 61.4 Å². The second kappa shape index (κ2) is 7.73. The van der Waals surface area contributed by atoms with E-state index in [4.69, 9.17) is 25.9 Å². The smallest absolute Gasteiger partial charge is 0.434 e. The van der Waals surface area contributed by atoms with Crippen molar-refractivity contribution in [1.29, 1.82) is 0 Å². The summed E-state index contributed by atoms with van der Waals surface area (Å²) in [5.74, 6) is 0.109. The highest BCUT2D eigenvalue weighted by Crippen LogP contribution is 2.47. The van der Waals surface area contributed by atoms with Gasteiger partial charge in [0.2, 0.25) is 0 Å². The van der Waals surface area contributed by atoms with E-state index in [1.165, 1.54) is 0 Å². The minimum absolute atomic E-state index is 0.182. The van der Waals surface area contributed by atoms with Gasteiger partial charge in [0.1, 0.15) is 5.54 Å². The molecule has 1 spiro atoms. The summed E-state index contributed by atoms with van der Waals surface area (Å²) in [5.41, 5.74) is 1.98.